The van der Waals surface area contributed by atoms with Crippen LogP contribution in [0.2, 0.25) is 5.32 Å². The van der Waals surface area contributed by atoms with Crippen LogP contribution >= 0.6 is 0 Å². The van der Waals surface area contributed by atoms with Crippen molar-refractivity contribution >= 4 is 31.5 Å². The molecule has 0 heterocycles. The molecule has 22 heavy (non-hydrogen) atoms. The van der Waals surface area contributed by atoms with Crippen molar-refractivity contribution in [3.8, 4) is 0 Å². The Labute approximate surface area is 138 Å². The van der Waals surface area contributed by atoms with E-state index in [2.05, 4.69) is 40.9 Å². The van der Waals surface area contributed by atoms with E-state index in [1.54, 1.807) is 18.3 Å². The van der Waals surface area contributed by atoms with E-state index in [1.807, 2.05) is 18.2 Å². The molecular formula is C18H20N2OSe. The number of amides is 1. The molecule has 0 saturated carbocycles. The van der Waals surface area contributed by atoms with Gasteiger partial charge in [-0.25, -0.2) is 0 Å². The Morgan fingerprint density at radius 2 is 1.68 bits per heavy atom. The van der Waals surface area contributed by atoms with Crippen molar-refractivity contribution in [2.75, 3.05) is 0 Å². The number of rotatable bonds is 8. The van der Waals surface area contributed by atoms with Crippen molar-refractivity contribution in [3.05, 3.63) is 66.2 Å². The Kier molecular flexibility index (Phi) is 7.44. The van der Waals surface area contributed by atoms with Crippen LogP contribution in [0.3, 0.4) is 0 Å². The molecule has 0 aliphatic carbocycles. The topological polar surface area (TPSA) is 41.5 Å². The predicted octanol–water partition coefficient (Wildman–Crippen LogP) is 3.02. The first-order valence-corrected chi connectivity index (χ1v) is 9.48. The van der Waals surface area contributed by atoms with Gasteiger partial charge >= 0.3 is 138 Å². The summed E-state index contributed by atoms with van der Waals surface area (Å²) in [4.78, 5) is 11.7. The summed E-state index contributed by atoms with van der Waals surface area (Å²) in [6, 6.07) is 19.8. The summed E-state index contributed by atoms with van der Waals surface area (Å²) in [5.74, 6) is -0.163. The maximum absolute atomic E-state index is 11.7. The van der Waals surface area contributed by atoms with Gasteiger partial charge in [0.15, 0.2) is 0 Å². The number of unbranched alkanes of at least 4 members (excludes halogenated alkanes) is 2. The SMILES string of the molecule is O=C(N/N=C/CCCC[Se]c1ccccc1)c1ccccc1. The maximum atomic E-state index is 11.7. The van der Waals surface area contributed by atoms with Gasteiger partial charge in [0.2, 0.25) is 0 Å². The summed E-state index contributed by atoms with van der Waals surface area (Å²) in [7, 11) is 0. The third-order valence-electron chi connectivity index (χ3n) is 3.03. The number of hydrogen-bond acceptors (Lipinski definition) is 2. The molecule has 1 N–H and O–H groups in total. The number of carbonyl (C=O) groups is 1. The van der Waals surface area contributed by atoms with Gasteiger partial charge in [0.25, 0.3) is 0 Å². The molecule has 0 atom stereocenters. The molecule has 114 valence electrons. The predicted molar refractivity (Wildman–Crippen MR) is 92.9 cm³/mol. The summed E-state index contributed by atoms with van der Waals surface area (Å²) >= 11 is 0.569. The van der Waals surface area contributed by atoms with Crippen molar-refractivity contribution in [1.29, 1.82) is 0 Å². The molecule has 0 aliphatic rings. The third-order valence-corrected chi connectivity index (χ3v) is 5.34. The molecule has 4 heteroatoms. The summed E-state index contributed by atoms with van der Waals surface area (Å²) in [6.07, 6.45) is 5.00. The van der Waals surface area contributed by atoms with Crippen molar-refractivity contribution in [1.82, 2.24) is 5.43 Å². The van der Waals surface area contributed by atoms with Crippen LogP contribution in [0, 0.1) is 0 Å². The number of benzene rings is 2. The summed E-state index contributed by atoms with van der Waals surface area (Å²) in [6.45, 7) is 0. The molecule has 2 aromatic rings. The van der Waals surface area contributed by atoms with Crippen LogP contribution in [0.5, 0.6) is 0 Å². The molecule has 1 amide bonds. The van der Waals surface area contributed by atoms with E-state index in [0.29, 0.717) is 20.5 Å². The fourth-order valence-electron chi connectivity index (χ4n) is 1.87. The van der Waals surface area contributed by atoms with Gasteiger partial charge in [-0.1, -0.05) is 0 Å². The molecular weight excluding hydrogens is 339 g/mol. The Bertz CT molecular complexity index is 585. The molecule has 0 fully saturated rings. The molecule has 2 aromatic carbocycles. The molecule has 0 bridgehead atoms. The Morgan fingerprint density at radius 1 is 1.00 bits per heavy atom. The van der Waals surface area contributed by atoms with Crippen molar-refractivity contribution in [3.63, 3.8) is 0 Å². The third kappa shape index (κ3) is 6.25. The molecule has 3 nitrogen and oxygen atoms in total. The van der Waals surface area contributed by atoms with E-state index in [4.69, 9.17) is 0 Å². The van der Waals surface area contributed by atoms with E-state index in [-0.39, 0.29) is 5.91 Å². The van der Waals surface area contributed by atoms with Gasteiger partial charge in [-0.3, -0.25) is 0 Å². The molecule has 0 aliphatic heterocycles. The van der Waals surface area contributed by atoms with Crippen LogP contribution in [0.4, 0.5) is 0 Å². The molecule has 0 aromatic heterocycles. The average Bonchev–Trinajstić information content (AvgIpc) is 2.59. The zero-order chi connectivity index (χ0) is 15.5. The minimum atomic E-state index is -0.163. The van der Waals surface area contributed by atoms with Crippen molar-refractivity contribution in [2.45, 2.75) is 24.6 Å². The van der Waals surface area contributed by atoms with E-state index in [9.17, 15) is 4.79 Å². The molecule has 2 rings (SSSR count). The molecule has 0 saturated heterocycles. The standard InChI is InChI=1S/C18H20N2OSe/c21-18(16-10-4-1-5-11-16)20-19-14-8-3-9-15-22-17-12-6-2-7-13-17/h1-2,4-7,10-14H,3,8-9,15H2,(H,20,21)/b19-14+. The zero-order valence-electron chi connectivity index (χ0n) is 12.4. The van der Waals surface area contributed by atoms with Gasteiger partial charge in [0.05, 0.1) is 0 Å². The van der Waals surface area contributed by atoms with Crippen molar-refractivity contribution < 1.29 is 4.79 Å². The quantitative estimate of drug-likeness (QED) is 0.335. The van der Waals surface area contributed by atoms with Crippen LogP contribution in [-0.2, 0) is 0 Å². The molecule has 0 unspecified atom stereocenters. The van der Waals surface area contributed by atoms with E-state index < -0.39 is 0 Å². The number of hydrazone groups is 1. The van der Waals surface area contributed by atoms with Crippen LogP contribution in [0.15, 0.2) is 65.8 Å². The van der Waals surface area contributed by atoms with Gasteiger partial charge in [0.1, 0.15) is 0 Å². The van der Waals surface area contributed by atoms with E-state index in [1.165, 1.54) is 16.2 Å². The normalized spacial score (nSPS) is 10.7. The Hall–Kier alpha value is -1.90. The second-order valence-corrected chi connectivity index (χ2v) is 7.23. The van der Waals surface area contributed by atoms with Gasteiger partial charge in [0, 0.05) is 0 Å². The van der Waals surface area contributed by atoms with Crippen LogP contribution in [-0.4, -0.2) is 27.1 Å². The summed E-state index contributed by atoms with van der Waals surface area (Å²) in [5, 5.41) is 5.24. The van der Waals surface area contributed by atoms with Crippen molar-refractivity contribution in [2.24, 2.45) is 5.10 Å². The zero-order valence-corrected chi connectivity index (χ0v) is 14.2. The Balaban J connectivity index is 1.54. The number of carbonyl (C=O) groups excluding carboxylic acids is 1. The Morgan fingerprint density at radius 3 is 2.41 bits per heavy atom. The monoisotopic (exact) mass is 360 g/mol. The second-order valence-electron chi connectivity index (χ2n) is 4.78. The van der Waals surface area contributed by atoms with Crippen LogP contribution in [0.25, 0.3) is 0 Å². The number of hydrogen-bond donors (Lipinski definition) is 1. The minimum absolute atomic E-state index is 0.163. The van der Waals surface area contributed by atoms with Gasteiger partial charge < -0.3 is 0 Å². The first-order valence-electron chi connectivity index (χ1n) is 7.41. The average molecular weight is 359 g/mol. The number of nitrogens with zero attached hydrogens (tertiary/aromatic N) is 1. The van der Waals surface area contributed by atoms with Crippen LogP contribution < -0.4 is 9.89 Å². The van der Waals surface area contributed by atoms with E-state index in [0.717, 1.165) is 12.8 Å². The summed E-state index contributed by atoms with van der Waals surface area (Å²) < 4.78 is 1.46. The second kappa shape index (κ2) is 9.93. The first-order chi connectivity index (χ1) is 10.9. The van der Waals surface area contributed by atoms with Gasteiger partial charge in [-0.15, -0.1) is 0 Å². The molecule has 0 radical (unpaired) electrons. The fraction of sp³-hybridized carbons (Fsp3) is 0.222. The van der Waals surface area contributed by atoms with Gasteiger partial charge in [-0.05, 0) is 0 Å². The summed E-state index contributed by atoms with van der Waals surface area (Å²) in [5.41, 5.74) is 3.18. The fourth-order valence-corrected chi connectivity index (χ4v) is 3.83. The first kappa shape index (κ1) is 16.5. The van der Waals surface area contributed by atoms with E-state index >= 15 is 0 Å². The van der Waals surface area contributed by atoms with Gasteiger partial charge in [-0.2, -0.15) is 0 Å². The number of nitrogens with one attached hydrogen (secondary N) is 1. The van der Waals surface area contributed by atoms with Crippen LogP contribution in [0.1, 0.15) is 29.6 Å². The molecule has 0 spiro atoms.